The zero-order valence-electron chi connectivity index (χ0n) is 9.47. The van der Waals surface area contributed by atoms with Gasteiger partial charge in [0.15, 0.2) is 0 Å². The largest absolute Gasteiger partial charge is 0.458 e. The molecular formula is C14H11ClO2S. The van der Waals surface area contributed by atoms with Crippen LogP contribution < -0.4 is 0 Å². The Balaban J connectivity index is 1.89. The van der Waals surface area contributed by atoms with Gasteiger partial charge in [0.05, 0.1) is 0 Å². The van der Waals surface area contributed by atoms with E-state index in [1.54, 1.807) is 17.4 Å². The van der Waals surface area contributed by atoms with Gasteiger partial charge in [0.25, 0.3) is 0 Å². The van der Waals surface area contributed by atoms with Crippen molar-refractivity contribution in [3.8, 4) is 0 Å². The zero-order chi connectivity index (χ0) is 12.5. The van der Waals surface area contributed by atoms with Gasteiger partial charge in [0.2, 0.25) is 0 Å². The van der Waals surface area contributed by atoms with Crippen LogP contribution in [0.4, 0.5) is 0 Å². The molecule has 0 saturated heterocycles. The summed E-state index contributed by atoms with van der Waals surface area (Å²) in [4.78, 5) is 0. The molecule has 92 valence electrons. The molecule has 18 heavy (non-hydrogen) atoms. The van der Waals surface area contributed by atoms with Crippen molar-refractivity contribution in [1.82, 2.24) is 0 Å². The van der Waals surface area contributed by atoms with Crippen molar-refractivity contribution in [3.63, 3.8) is 0 Å². The summed E-state index contributed by atoms with van der Waals surface area (Å²) in [6.07, 6.45) is -0.0531. The van der Waals surface area contributed by atoms with Gasteiger partial charge in [0.1, 0.15) is 17.4 Å². The van der Waals surface area contributed by atoms with Crippen molar-refractivity contribution in [2.75, 3.05) is 0 Å². The summed E-state index contributed by atoms with van der Waals surface area (Å²) in [5.74, 6) is 0.582. The van der Waals surface area contributed by atoms with Crippen LogP contribution in [0.1, 0.15) is 17.4 Å². The van der Waals surface area contributed by atoms with Crippen molar-refractivity contribution in [1.29, 1.82) is 0 Å². The van der Waals surface area contributed by atoms with Crippen LogP contribution in [0.5, 0.6) is 0 Å². The van der Waals surface area contributed by atoms with Crippen molar-refractivity contribution >= 4 is 33.9 Å². The molecule has 2 aromatic heterocycles. The molecule has 3 aromatic rings. The average molecular weight is 279 g/mol. The second-order valence-corrected chi connectivity index (χ2v) is 5.40. The highest BCUT2D eigenvalue weighted by molar-refractivity contribution is 7.07. The summed E-state index contributed by atoms with van der Waals surface area (Å²) in [5, 5.41) is 15.8. The van der Waals surface area contributed by atoms with E-state index in [-0.39, 0.29) is 0 Å². The topological polar surface area (TPSA) is 33.4 Å². The lowest BCUT2D eigenvalue weighted by atomic mass is 10.1. The molecule has 0 saturated carbocycles. The van der Waals surface area contributed by atoms with Gasteiger partial charge in [-0.2, -0.15) is 11.3 Å². The van der Waals surface area contributed by atoms with Gasteiger partial charge in [-0.1, -0.05) is 11.6 Å². The van der Waals surface area contributed by atoms with Crippen molar-refractivity contribution in [2.24, 2.45) is 0 Å². The molecule has 0 aliphatic heterocycles. The Morgan fingerprint density at radius 3 is 2.94 bits per heavy atom. The molecule has 0 bridgehead atoms. The van der Waals surface area contributed by atoms with Crippen LogP contribution in [0.3, 0.4) is 0 Å². The Hall–Kier alpha value is -1.29. The lowest BCUT2D eigenvalue weighted by molar-refractivity contribution is 0.153. The van der Waals surface area contributed by atoms with E-state index >= 15 is 0 Å². The number of thiophene rings is 1. The predicted octanol–water partition coefficient (Wildman–Crippen LogP) is 4.42. The van der Waals surface area contributed by atoms with E-state index in [4.69, 9.17) is 16.0 Å². The molecule has 1 N–H and O–H groups in total. The zero-order valence-corrected chi connectivity index (χ0v) is 11.0. The number of fused-ring (bicyclic) bond motifs is 1. The van der Waals surface area contributed by atoms with Crippen LogP contribution in [0.15, 0.2) is 45.5 Å². The minimum Gasteiger partial charge on any atom is -0.458 e. The summed E-state index contributed by atoms with van der Waals surface area (Å²) in [6, 6.07) is 9.29. The number of benzene rings is 1. The molecule has 2 heterocycles. The Morgan fingerprint density at radius 2 is 2.17 bits per heavy atom. The average Bonchev–Trinajstić information content (AvgIpc) is 2.96. The van der Waals surface area contributed by atoms with Gasteiger partial charge in [-0.25, -0.2) is 0 Å². The maximum Gasteiger partial charge on any atom is 0.134 e. The van der Waals surface area contributed by atoms with E-state index in [1.165, 1.54) is 0 Å². The van der Waals surface area contributed by atoms with Gasteiger partial charge in [-0.3, -0.25) is 0 Å². The molecule has 3 rings (SSSR count). The van der Waals surface area contributed by atoms with Gasteiger partial charge in [-0.05, 0) is 46.7 Å². The number of hydrogen-bond donors (Lipinski definition) is 1. The van der Waals surface area contributed by atoms with E-state index in [1.807, 2.05) is 35.0 Å². The quantitative estimate of drug-likeness (QED) is 0.769. The highest BCUT2D eigenvalue weighted by Crippen LogP contribution is 2.28. The van der Waals surface area contributed by atoms with Crippen LogP contribution in [-0.2, 0) is 6.42 Å². The number of aliphatic hydroxyl groups excluding tert-OH is 1. The molecule has 2 nitrogen and oxygen atoms in total. The van der Waals surface area contributed by atoms with Crippen LogP contribution >= 0.6 is 22.9 Å². The van der Waals surface area contributed by atoms with Crippen molar-refractivity contribution in [2.45, 2.75) is 12.5 Å². The molecule has 0 aliphatic carbocycles. The van der Waals surface area contributed by atoms with Crippen LogP contribution in [0.25, 0.3) is 11.0 Å². The van der Waals surface area contributed by atoms with Crippen molar-refractivity contribution < 1.29 is 9.52 Å². The van der Waals surface area contributed by atoms with Gasteiger partial charge < -0.3 is 9.52 Å². The lowest BCUT2D eigenvalue weighted by Crippen LogP contribution is -1.98. The highest BCUT2D eigenvalue weighted by atomic mass is 35.5. The Morgan fingerprint density at radius 1 is 1.28 bits per heavy atom. The third-order valence-electron chi connectivity index (χ3n) is 2.83. The number of halogens is 1. The van der Waals surface area contributed by atoms with E-state index in [0.717, 1.165) is 16.5 Å². The fraction of sp³-hybridized carbons (Fsp3) is 0.143. The fourth-order valence-electron chi connectivity index (χ4n) is 1.93. The molecule has 0 spiro atoms. The van der Waals surface area contributed by atoms with E-state index in [0.29, 0.717) is 17.2 Å². The molecule has 1 aromatic carbocycles. The molecule has 1 atom stereocenters. The molecule has 0 amide bonds. The third-order valence-corrected chi connectivity index (χ3v) is 3.80. The van der Waals surface area contributed by atoms with Crippen molar-refractivity contribution in [3.05, 3.63) is 57.4 Å². The summed E-state index contributed by atoms with van der Waals surface area (Å²) >= 11 is 7.54. The molecular weight excluding hydrogens is 268 g/mol. The van der Waals surface area contributed by atoms with Gasteiger partial charge >= 0.3 is 0 Å². The first-order valence-electron chi connectivity index (χ1n) is 5.60. The molecule has 1 unspecified atom stereocenters. The number of aliphatic hydroxyl groups is 1. The molecule has 4 heteroatoms. The Labute approximate surface area is 113 Å². The van der Waals surface area contributed by atoms with Crippen LogP contribution in [0, 0.1) is 0 Å². The lowest BCUT2D eigenvalue weighted by Gasteiger charge is -2.05. The van der Waals surface area contributed by atoms with Crippen LogP contribution in [0.2, 0.25) is 5.02 Å². The summed E-state index contributed by atoms with van der Waals surface area (Å²) in [5.41, 5.74) is 1.87. The second-order valence-electron chi connectivity index (χ2n) is 4.18. The first kappa shape index (κ1) is 11.8. The molecule has 0 aliphatic rings. The minimum atomic E-state index is -0.620. The Bertz CT molecular complexity index is 658. The predicted molar refractivity (Wildman–Crippen MR) is 74.2 cm³/mol. The minimum absolute atomic E-state index is 0.567. The fourth-order valence-corrected chi connectivity index (χ4v) is 2.79. The third kappa shape index (κ3) is 2.29. The highest BCUT2D eigenvalue weighted by Gasteiger charge is 2.14. The number of furan rings is 1. The number of hydrogen-bond acceptors (Lipinski definition) is 3. The van der Waals surface area contributed by atoms with E-state index in [9.17, 15) is 5.11 Å². The second kappa shape index (κ2) is 4.76. The SMILES string of the molecule is OC(Cc1ccsc1)c1cc2cc(Cl)ccc2o1. The Kier molecular flexibility index (Phi) is 3.12. The first-order chi connectivity index (χ1) is 8.72. The van der Waals surface area contributed by atoms with Gasteiger partial charge in [0, 0.05) is 16.8 Å². The smallest absolute Gasteiger partial charge is 0.134 e. The summed E-state index contributed by atoms with van der Waals surface area (Å²) in [7, 11) is 0. The normalized spacial score (nSPS) is 13.0. The monoisotopic (exact) mass is 278 g/mol. The molecule has 0 fully saturated rings. The summed E-state index contributed by atoms with van der Waals surface area (Å²) < 4.78 is 5.63. The van der Waals surface area contributed by atoms with E-state index < -0.39 is 6.10 Å². The van der Waals surface area contributed by atoms with Gasteiger partial charge in [-0.15, -0.1) is 0 Å². The standard InChI is InChI=1S/C14H11ClO2S/c15-11-1-2-13-10(6-11)7-14(17-13)12(16)5-9-3-4-18-8-9/h1-4,6-8,12,16H,5H2. The molecule has 0 radical (unpaired) electrons. The number of rotatable bonds is 3. The maximum absolute atomic E-state index is 10.1. The summed E-state index contributed by atoms with van der Waals surface area (Å²) in [6.45, 7) is 0. The maximum atomic E-state index is 10.1. The van der Waals surface area contributed by atoms with Crippen LogP contribution in [-0.4, -0.2) is 5.11 Å². The van der Waals surface area contributed by atoms with E-state index in [2.05, 4.69) is 0 Å². The first-order valence-corrected chi connectivity index (χ1v) is 6.92.